The lowest BCUT2D eigenvalue weighted by molar-refractivity contribution is 0.0698. The SMILES string of the molecule is CC(N)c1nc(C(=O)N2CCCC(NS(C)(=O)=O)C2)cs1. The van der Waals surface area contributed by atoms with Crippen LogP contribution in [0.15, 0.2) is 5.38 Å². The van der Waals surface area contributed by atoms with Crippen molar-refractivity contribution in [3.8, 4) is 0 Å². The number of carbonyl (C=O) groups is 1. The highest BCUT2D eigenvalue weighted by atomic mass is 32.2. The average molecular weight is 332 g/mol. The zero-order valence-corrected chi connectivity index (χ0v) is 13.7. The number of hydrogen-bond acceptors (Lipinski definition) is 6. The van der Waals surface area contributed by atoms with Crippen molar-refractivity contribution in [1.82, 2.24) is 14.6 Å². The molecule has 1 amide bonds. The summed E-state index contributed by atoms with van der Waals surface area (Å²) < 4.78 is 25.1. The van der Waals surface area contributed by atoms with Crippen LogP contribution < -0.4 is 10.5 Å². The van der Waals surface area contributed by atoms with E-state index in [1.807, 2.05) is 6.92 Å². The molecule has 1 aliphatic rings. The Labute approximate surface area is 128 Å². The number of carbonyl (C=O) groups excluding carboxylic acids is 1. The minimum absolute atomic E-state index is 0.168. The molecular formula is C12H20N4O3S2. The highest BCUT2D eigenvalue weighted by Gasteiger charge is 2.27. The van der Waals surface area contributed by atoms with Gasteiger partial charge in [0.2, 0.25) is 10.0 Å². The van der Waals surface area contributed by atoms with Crippen LogP contribution in [0.4, 0.5) is 0 Å². The first-order chi connectivity index (χ1) is 9.76. The Morgan fingerprint density at radius 1 is 1.62 bits per heavy atom. The number of nitrogens with one attached hydrogen (secondary N) is 1. The normalized spacial score (nSPS) is 21.3. The van der Waals surface area contributed by atoms with Crippen LogP contribution in [0.2, 0.25) is 0 Å². The first-order valence-corrected chi connectivity index (χ1v) is 9.51. The first-order valence-electron chi connectivity index (χ1n) is 6.74. The van der Waals surface area contributed by atoms with Crippen LogP contribution in [0.1, 0.15) is 41.3 Å². The lowest BCUT2D eigenvalue weighted by atomic mass is 10.1. The van der Waals surface area contributed by atoms with Gasteiger partial charge in [-0.15, -0.1) is 11.3 Å². The quantitative estimate of drug-likeness (QED) is 0.826. The molecule has 9 heteroatoms. The lowest BCUT2D eigenvalue weighted by Gasteiger charge is -2.32. The van der Waals surface area contributed by atoms with E-state index in [1.54, 1.807) is 10.3 Å². The van der Waals surface area contributed by atoms with Crippen LogP contribution in [-0.2, 0) is 10.0 Å². The topological polar surface area (TPSA) is 105 Å². The summed E-state index contributed by atoms with van der Waals surface area (Å²) in [7, 11) is -3.26. The molecule has 2 atom stereocenters. The molecule has 2 unspecified atom stereocenters. The maximum Gasteiger partial charge on any atom is 0.273 e. The largest absolute Gasteiger partial charge is 0.336 e. The Balaban J connectivity index is 2.04. The summed E-state index contributed by atoms with van der Waals surface area (Å²) >= 11 is 1.37. The van der Waals surface area contributed by atoms with Crippen LogP contribution in [0.5, 0.6) is 0 Å². The van der Waals surface area contributed by atoms with Crippen molar-refractivity contribution in [3.63, 3.8) is 0 Å². The van der Waals surface area contributed by atoms with Crippen molar-refractivity contribution in [3.05, 3.63) is 16.1 Å². The molecule has 0 radical (unpaired) electrons. The maximum absolute atomic E-state index is 12.4. The van der Waals surface area contributed by atoms with Crippen molar-refractivity contribution in [2.24, 2.45) is 5.73 Å². The average Bonchev–Trinajstić information content (AvgIpc) is 2.85. The summed E-state index contributed by atoms with van der Waals surface area (Å²) in [5.74, 6) is -0.168. The van der Waals surface area contributed by atoms with Gasteiger partial charge in [0.15, 0.2) is 0 Å². The van der Waals surface area contributed by atoms with Gasteiger partial charge in [0.1, 0.15) is 10.7 Å². The summed E-state index contributed by atoms with van der Waals surface area (Å²) in [5, 5.41) is 2.43. The van der Waals surface area contributed by atoms with Gasteiger partial charge in [0.05, 0.1) is 12.3 Å². The molecule has 21 heavy (non-hydrogen) atoms. The van der Waals surface area contributed by atoms with Gasteiger partial charge in [-0.05, 0) is 19.8 Å². The zero-order chi connectivity index (χ0) is 15.6. The molecule has 1 fully saturated rings. The van der Waals surface area contributed by atoms with Gasteiger partial charge in [-0.1, -0.05) is 0 Å². The molecule has 0 saturated carbocycles. The summed E-state index contributed by atoms with van der Waals surface area (Å²) in [5.41, 5.74) is 6.13. The minimum atomic E-state index is -3.26. The number of nitrogens with two attached hydrogens (primary N) is 1. The van der Waals surface area contributed by atoms with Gasteiger partial charge in [0, 0.05) is 24.5 Å². The molecule has 1 saturated heterocycles. The van der Waals surface area contributed by atoms with Crippen molar-refractivity contribution in [1.29, 1.82) is 0 Å². The van der Waals surface area contributed by atoms with Gasteiger partial charge in [0.25, 0.3) is 5.91 Å². The fourth-order valence-electron chi connectivity index (χ4n) is 2.32. The number of aromatic nitrogens is 1. The predicted octanol–water partition coefficient (Wildman–Crippen LogP) is 0.317. The number of rotatable bonds is 4. The Kier molecular flexibility index (Phi) is 4.97. The van der Waals surface area contributed by atoms with E-state index >= 15 is 0 Å². The fourth-order valence-corrected chi connectivity index (χ4v) is 3.87. The van der Waals surface area contributed by atoms with Crippen LogP contribution in [0, 0.1) is 0 Å². The molecule has 0 bridgehead atoms. The fraction of sp³-hybridized carbons (Fsp3) is 0.667. The minimum Gasteiger partial charge on any atom is -0.336 e. The summed E-state index contributed by atoms with van der Waals surface area (Å²) in [4.78, 5) is 18.3. The summed E-state index contributed by atoms with van der Waals surface area (Å²) in [6, 6.07) is -0.429. The summed E-state index contributed by atoms with van der Waals surface area (Å²) in [6.45, 7) is 2.81. The van der Waals surface area contributed by atoms with Crippen molar-refractivity contribution >= 4 is 27.3 Å². The van der Waals surface area contributed by atoms with Crippen LogP contribution in [0.3, 0.4) is 0 Å². The number of amides is 1. The molecule has 0 aromatic carbocycles. The van der Waals surface area contributed by atoms with Gasteiger partial charge in [-0.2, -0.15) is 0 Å². The highest BCUT2D eigenvalue weighted by Crippen LogP contribution is 2.19. The van der Waals surface area contributed by atoms with E-state index in [2.05, 4.69) is 9.71 Å². The molecule has 0 aliphatic carbocycles. The third-order valence-corrected chi connectivity index (χ3v) is 5.03. The van der Waals surface area contributed by atoms with Crippen LogP contribution in [-0.4, -0.2) is 49.6 Å². The van der Waals surface area contributed by atoms with E-state index in [1.165, 1.54) is 11.3 Å². The second-order valence-electron chi connectivity index (χ2n) is 5.34. The number of hydrogen-bond donors (Lipinski definition) is 2. The molecule has 1 aromatic rings. The molecular weight excluding hydrogens is 312 g/mol. The van der Waals surface area contributed by atoms with E-state index in [0.717, 1.165) is 24.1 Å². The van der Waals surface area contributed by atoms with Gasteiger partial charge in [-0.3, -0.25) is 4.79 Å². The Morgan fingerprint density at radius 2 is 2.33 bits per heavy atom. The molecule has 1 aliphatic heterocycles. The molecule has 7 nitrogen and oxygen atoms in total. The number of likely N-dealkylation sites (tertiary alicyclic amines) is 1. The van der Waals surface area contributed by atoms with Crippen LogP contribution in [0.25, 0.3) is 0 Å². The predicted molar refractivity (Wildman–Crippen MR) is 81.6 cm³/mol. The Morgan fingerprint density at radius 3 is 2.90 bits per heavy atom. The van der Waals surface area contributed by atoms with Crippen molar-refractivity contribution < 1.29 is 13.2 Å². The first kappa shape index (κ1) is 16.3. The van der Waals surface area contributed by atoms with E-state index in [9.17, 15) is 13.2 Å². The third-order valence-electron chi connectivity index (χ3n) is 3.22. The highest BCUT2D eigenvalue weighted by molar-refractivity contribution is 7.88. The molecule has 118 valence electrons. The molecule has 2 heterocycles. The summed E-state index contributed by atoms with van der Waals surface area (Å²) in [6.07, 6.45) is 2.63. The number of nitrogens with zero attached hydrogens (tertiary/aromatic N) is 2. The standard InChI is InChI=1S/C12H20N4O3S2/c1-8(13)11-14-10(7-20-11)12(17)16-5-3-4-9(6-16)15-21(2,18)19/h7-9,15H,3-6,13H2,1-2H3. The van der Waals surface area contributed by atoms with Crippen LogP contribution >= 0.6 is 11.3 Å². The molecule has 1 aromatic heterocycles. The zero-order valence-electron chi connectivity index (χ0n) is 12.1. The number of thiazole rings is 1. The third kappa shape index (κ3) is 4.47. The smallest absolute Gasteiger partial charge is 0.273 e. The second kappa shape index (κ2) is 6.39. The molecule has 2 rings (SSSR count). The van der Waals surface area contributed by atoms with Gasteiger partial charge < -0.3 is 10.6 Å². The van der Waals surface area contributed by atoms with Gasteiger partial charge in [-0.25, -0.2) is 18.1 Å². The Hall–Kier alpha value is -1.03. The van der Waals surface area contributed by atoms with E-state index in [4.69, 9.17) is 5.73 Å². The van der Waals surface area contributed by atoms with Crippen molar-refractivity contribution in [2.75, 3.05) is 19.3 Å². The number of piperidine rings is 1. The Bertz CT molecular complexity index is 612. The van der Waals surface area contributed by atoms with Crippen molar-refractivity contribution in [2.45, 2.75) is 31.8 Å². The van der Waals surface area contributed by atoms with Gasteiger partial charge >= 0.3 is 0 Å². The maximum atomic E-state index is 12.4. The molecule has 3 N–H and O–H groups in total. The lowest BCUT2D eigenvalue weighted by Crippen LogP contribution is -2.49. The van der Waals surface area contributed by atoms with E-state index in [-0.39, 0.29) is 18.0 Å². The second-order valence-corrected chi connectivity index (χ2v) is 8.01. The van der Waals surface area contributed by atoms with E-state index < -0.39 is 10.0 Å². The monoisotopic (exact) mass is 332 g/mol. The number of sulfonamides is 1. The van der Waals surface area contributed by atoms with E-state index in [0.29, 0.717) is 18.8 Å². The molecule has 0 spiro atoms.